The zero-order chi connectivity index (χ0) is 20.4. The molecule has 1 N–H and O–H groups in total. The van der Waals surface area contributed by atoms with Crippen LogP contribution in [-0.4, -0.2) is 32.3 Å². The minimum atomic E-state index is -0.215. The van der Waals surface area contributed by atoms with Crippen molar-refractivity contribution < 1.29 is 9.53 Å². The third kappa shape index (κ3) is 4.27. The molecule has 0 aliphatic heterocycles. The van der Waals surface area contributed by atoms with E-state index in [0.29, 0.717) is 11.4 Å². The molecule has 0 saturated carbocycles. The van der Waals surface area contributed by atoms with Gasteiger partial charge in [-0.2, -0.15) is 9.61 Å². The Kier molecular flexibility index (Phi) is 5.26. The highest BCUT2D eigenvalue weighted by Crippen LogP contribution is 2.27. The molecule has 8 heteroatoms. The molecular weight excluding hydrogens is 386 g/mol. The van der Waals surface area contributed by atoms with E-state index in [2.05, 4.69) is 26.7 Å². The molecular formula is C21H21N5O2S. The smallest absolute Gasteiger partial charge is 0.262 e. The van der Waals surface area contributed by atoms with Crippen molar-refractivity contribution in [2.24, 2.45) is 0 Å². The molecule has 2 heterocycles. The maximum Gasteiger partial charge on any atom is 0.262 e. The van der Waals surface area contributed by atoms with Crippen molar-refractivity contribution in [1.82, 2.24) is 19.8 Å². The highest BCUT2D eigenvalue weighted by atomic mass is 32.1. The van der Waals surface area contributed by atoms with E-state index in [-0.39, 0.29) is 12.5 Å². The lowest BCUT2D eigenvalue weighted by Gasteiger charge is -2.09. The Morgan fingerprint density at radius 1 is 1.14 bits per heavy atom. The quantitative estimate of drug-likeness (QED) is 0.521. The predicted molar refractivity (Wildman–Crippen MR) is 114 cm³/mol. The predicted octanol–water partition coefficient (Wildman–Crippen LogP) is 4.05. The molecule has 2 aromatic carbocycles. The number of carbonyl (C=O) groups excluding carboxylic acids is 1. The lowest BCUT2D eigenvalue weighted by atomic mass is 10.1. The summed E-state index contributed by atoms with van der Waals surface area (Å²) < 4.78 is 7.40. The zero-order valence-corrected chi connectivity index (χ0v) is 17.3. The first kappa shape index (κ1) is 19.1. The number of carbonyl (C=O) groups is 1. The Labute approximate surface area is 172 Å². The van der Waals surface area contributed by atoms with E-state index in [1.165, 1.54) is 11.3 Å². The number of nitrogens with one attached hydrogen (secondary N) is 1. The van der Waals surface area contributed by atoms with Gasteiger partial charge in [-0.3, -0.25) is 4.79 Å². The number of hydrogen-bond acceptors (Lipinski definition) is 6. The lowest BCUT2D eigenvalue weighted by molar-refractivity contribution is -0.118. The van der Waals surface area contributed by atoms with Crippen molar-refractivity contribution in [3.63, 3.8) is 0 Å². The summed E-state index contributed by atoms with van der Waals surface area (Å²) in [6, 6.07) is 13.5. The Morgan fingerprint density at radius 3 is 2.69 bits per heavy atom. The van der Waals surface area contributed by atoms with Crippen LogP contribution < -0.4 is 10.1 Å². The van der Waals surface area contributed by atoms with Gasteiger partial charge in [0.1, 0.15) is 10.8 Å². The number of rotatable bonds is 6. The molecule has 0 saturated heterocycles. The molecule has 0 aliphatic carbocycles. The highest BCUT2D eigenvalue weighted by Gasteiger charge is 2.13. The van der Waals surface area contributed by atoms with Crippen LogP contribution in [0.1, 0.15) is 23.9 Å². The van der Waals surface area contributed by atoms with Crippen molar-refractivity contribution in [1.29, 1.82) is 0 Å². The zero-order valence-electron chi connectivity index (χ0n) is 16.5. The summed E-state index contributed by atoms with van der Waals surface area (Å²) in [5, 5.41) is 16.6. The summed E-state index contributed by atoms with van der Waals surface area (Å²) in [7, 11) is 0. The maximum atomic E-state index is 12.3. The number of ether oxygens (including phenoxy) is 1. The first-order chi connectivity index (χ1) is 14.0. The summed E-state index contributed by atoms with van der Waals surface area (Å²) in [5.41, 5.74) is 3.81. The average Bonchev–Trinajstić information content (AvgIpc) is 3.26. The lowest BCUT2D eigenvalue weighted by Crippen LogP contribution is -2.20. The highest BCUT2D eigenvalue weighted by molar-refractivity contribution is 7.19. The number of hydrogen-bond donors (Lipinski definition) is 1. The number of aryl methyl sites for hydroxylation is 3. The summed E-state index contributed by atoms with van der Waals surface area (Å²) >= 11 is 1.47. The molecule has 148 valence electrons. The van der Waals surface area contributed by atoms with E-state index in [9.17, 15) is 4.79 Å². The third-order valence-electron chi connectivity index (χ3n) is 4.33. The van der Waals surface area contributed by atoms with Crippen LogP contribution in [0.2, 0.25) is 0 Å². The van der Waals surface area contributed by atoms with Crippen molar-refractivity contribution >= 4 is 27.9 Å². The topological polar surface area (TPSA) is 81.4 Å². The van der Waals surface area contributed by atoms with Gasteiger partial charge in [0.25, 0.3) is 5.91 Å². The molecule has 2 aromatic heterocycles. The molecule has 0 atom stereocenters. The van der Waals surface area contributed by atoms with Crippen molar-refractivity contribution in [3.8, 4) is 16.3 Å². The molecule has 0 spiro atoms. The Morgan fingerprint density at radius 2 is 1.93 bits per heavy atom. The van der Waals surface area contributed by atoms with Crippen molar-refractivity contribution in [2.75, 3.05) is 11.9 Å². The van der Waals surface area contributed by atoms with Crippen molar-refractivity contribution in [3.05, 3.63) is 59.4 Å². The monoisotopic (exact) mass is 407 g/mol. The third-order valence-corrected chi connectivity index (χ3v) is 5.28. The second-order valence-corrected chi connectivity index (χ2v) is 7.77. The van der Waals surface area contributed by atoms with E-state index in [4.69, 9.17) is 4.74 Å². The van der Waals surface area contributed by atoms with E-state index < -0.39 is 0 Å². The molecule has 0 unspecified atom stereocenters. The van der Waals surface area contributed by atoms with Gasteiger partial charge in [-0.05, 0) is 49.2 Å². The normalized spacial score (nSPS) is 11.0. The maximum absolute atomic E-state index is 12.3. The van der Waals surface area contributed by atoms with Crippen LogP contribution >= 0.6 is 11.3 Å². The van der Waals surface area contributed by atoms with Crippen LogP contribution in [0.15, 0.2) is 42.5 Å². The standard InChI is InChI=1S/C21H21N5O2S/c1-4-18-23-24-21-26(18)25-20(29-21)15-6-5-7-16(11-15)22-19(27)12-28-17-9-13(2)8-14(3)10-17/h5-11H,4,12H2,1-3H3,(H,22,27). The molecule has 7 nitrogen and oxygen atoms in total. The number of nitrogens with zero attached hydrogens (tertiary/aromatic N) is 4. The number of aromatic nitrogens is 4. The van der Waals surface area contributed by atoms with Crippen LogP contribution in [0.3, 0.4) is 0 Å². The average molecular weight is 407 g/mol. The number of benzene rings is 2. The van der Waals surface area contributed by atoms with E-state index in [1.807, 2.05) is 57.2 Å². The number of amides is 1. The van der Waals surface area contributed by atoms with Crippen LogP contribution in [-0.2, 0) is 11.2 Å². The summed E-state index contributed by atoms with van der Waals surface area (Å²) in [6.45, 7) is 5.97. The molecule has 0 fully saturated rings. The van der Waals surface area contributed by atoms with Gasteiger partial charge in [0, 0.05) is 17.7 Å². The molecule has 0 radical (unpaired) electrons. The summed E-state index contributed by atoms with van der Waals surface area (Å²) in [4.78, 5) is 13.1. The van der Waals surface area contributed by atoms with E-state index in [1.54, 1.807) is 4.52 Å². The second-order valence-electron chi connectivity index (χ2n) is 6.81. The van der Waals surface area contributed by atoms with E-state index in [0.717, 1.165) is 38.9 Å². The fourth-order valence-electron chi connectivity index (χ4n) is 3.09. The van der Waals surface area contributed by atoms with Gasteiger partial charge in [0.05, 0.1) is 0 Å². The van der Waals surface area contributed by atoms with Gasteiger partial charge in [-0.1, -0.05) is 36.5 Å². The molecule has 0 aliphatic rings. The largest absolute Gasteiger partial charge is 0.484 e. The first-order valence-electron chi connectivity index (χ1n) is 9.34. The Hall–Kier alpha value is -3.26. The van der Waals surface area contributed by atoms with Gasteiger partial charge in [0.15, 0.2) is 12.4 Å². The van der Waals surface area contributed by atoms with Gasteiger partial charge >= 0.3 is 0 Å². The van der Waals surface area contributed by atoms with Gasteiger partial charge < -0.3 is 10.1 Å². The minimum Gasteiger partial charge on any atom is -0.484 e. The minimum absolute atomic E-state index is 0.0519. The Balaban J connectivity index is 1.45. The van der Waals surface area contributed by atoms with Gasteiger partial charge in [-0.15, -0.1) is 10.2 Å². The number of anilines is 1. The number of fused-ring (bicyclic) bond motifs is 1. The molecule has 29 heavy (non-hydrogen) atoms. The summed E-state index contributed by atoms with van der Waals surface area (Å²) in [5.74, 6) is 1.31. The van der Waals surface area contributed by atoms with Crippen LogP contribution in [0.5, 0.6) is 5.75 Å². The fourth-order valence-corrected chi connectivity index (χ4v) is 3.94. The molecule has 0 bridgehead atoms. The van der Waals surface area contributed by atoms with Crippen molar-refractivity contribution in [2.45, 2.75) is 27.2 Å². The van der Waals surface area contributed by atoms with Gasteiger partial charge in [-0.25, -0.2) is 0 Å². The van der Waals surface area contributed by atoms with Crippen LogP contribution in [0.25, 0.3) is 15.5 Å². The van der Waals surface area contributed by atoms with Crippen LogP contribution in [0, 0.1) is 13.8 Å². The first-order valence-corrected chi connectivity index (χ1v) is 10.2. The van der Waals surface area contributed by atoms with E-state index >= 15 is 0 Å². The molecule has 4 aromatic rings. The SMILES string of the molecule is CCc1nnc2sc(-c3cccc(NC(=O)COc4cc(C)cc(C)c4)c3)nn12. The molecule has 4 rings (SSSR count). The van der Waals surface area contributed by atoms with Gasteiger partial charge in [0.2, 0.25) is 4.96 Å². The molecule has 1 amide bonds. The summed E-state index contributed by atoms with van der Waals surface area (Å²) in [6.07, 6.45) is 0.765. The fraction of sp³-hybridized carbons (Fsp3) is 0.238. The second kappa shape index (κ2) is 8.00. The van der Waals surface area contributed by atoms with Crippen LogP contribution in [0.4, 0.5) is 5.69 Å². The Bertz CT molecular complexity index is 1160.